The van der Waals surface area contributed by atoms with Crippen LogP contribution in [0, 0.1) is 25.2 Å². The smallest absolute Gasteiger partial charge is 0.341 e. The van der Waals surface area contributed by atoms with E-state index < -0.39 is 0 Å². The van der Waals surface area contributed by atoms with Crippen LogP contribution in [0.15, 0.2) is 11.6 Å². The summed E-state index contributed by atoms with van der Waals surface area (Å²) >= 11 is 1.64. The van der Waals surface area contributed by atoms with Gasteiger partial charge in [-0.3, -0.25) is 4.79 Å². The summed E-state index contributed by atoms with van der Waals surface area (Å²) in [5, 5.41) is 10.3. The maximum Gasteiger partial charge on any atom is 0.341 e. The second kappa shape index (κ2) is 8.26. The number of fused-ring (bicyclic) bond motifs is 1. The first-order valence-electron chi connectivity index (χ1n) is 9.55. The highest BCUT2D eigenvalue weighted by Crippen LogP contribution is 2.39. The standard InChI is InChI=1S/C22H25N3O3S/c1-13-10-15(11-16(12-23)20(26)24(3)4)14(2)25(13)21-19(22(27)28-5)17-8-6-7-9-18(17)29-21/h10-11H,6-9H2,1-5H3/b16-11-. The lowest BCUT2D eigenvalue weighted by molar-refractivity contribution is -0.124. The number of carbonyl (C=O) groups excluding carboxylic acids is 2. The average Bonchev–Trinajstić information content (AvgIpc) is 3.21. The summed E-state index contributed by atoms with van der Waals surface area (Å²) in [6.45, 7) is 3.90. The molecule has 0 fully saturated rings. The van der Waals surface area contributed by atoms with Crippen LogP contribution in [-0.2, 0) is 22.4 Å². The number of hydrogen-bond acceptors (Lipinski definition) is 5. The summed E-state index contributed by atoms with van der Waals surface area (Å²) in [5.74, 6) is -0.649. The second-order valence-electron chi connectivity index (χ2n) is 7.41. The third-order valence-electron chi connectivity index (χ3n) is 5.27. The molecule has 0 radical (unpaired) electrons. The van der Waals surface area contributed by atoms with Gasteiger partial charge < -0.3 is 14.2 Å². The van der Waals surface area contributed by atoms with Crippen molar-refractivity contribution in [1.82, 2.24) is 9.47 Å². The Hall–Kier alpha value is -2.85. The molecule has 29 heavy (non-hydrogen) atoms. The van der Waals surface area contributed by atoms with E-state index in [0.717, 1.165) is 53.2 Å². The van der Waals surface area contributed by atoms with Gasteiger partial charge in [0.05, 0.1) is 12.7 Å². The van der Waals surface area contributed by atoms with Crippen molar-refractivity contribution in [3.8, 4) is 11.1 Å². The largest absolute Gasteiger partial charge is 0.465 e. The molecule has 0 saturated carbocycles. The zero-order valence-corrected chi connectivity index (χ0v) is 18.3. The average molecular weight is 412 g/mol. The van der Waals surface area contributed by atoms with E-state index in [1.165, 1.54) is 16.9 Å². The summed E-state index contributed by atoms with van der Waals surface area (Å²) in [7, 11) is 4.65. The van der Waals surface area contributed by atoms with Crippen LogP contribution >= 0.6 is 11.3 Å². The fraction of sp³-hybridized carbons (Fsp3) is 0.409. The fourth-order valence-electron chi connectivity index (χ4n) is 3.81. The van der Waals surface area contributed by atoms with E-state index >= 15 is 0 Å². The summed E-state index contributed by atoms with van der Waals surface area (Å²) < 4.78 is 7.14. The molecule has 0 saturated heterocycles. The minimum absolute atomic E-state index is 0.0777. The van der Waals surface area contributed by atoms with E-state index in [1.807, 2.05) is 30.6 Å². The molecule has 0 aromatic carbocycles. The van der Waals surface area contributed by atoms with Gasteiger partial charge in [0.2, 0.25) is 0 Å². The van der Waals surface area contributed by atoms with Crippen LogP contribution in [0.25, 0.3) is 11.1 Å². The molecule has 0 aliphatic heterocycles. The zero-order valence-electron chi connectivity index (χ0n) is 17.5. The zero-order chi connectivity index (χ0) is 21.3. The van der Waals surface area contributed by atoms with Crippen molar-refractivity contribution in [2.45, 2.75) is 39.5 Å². The number of thiophene rings is 1. The van der Waals surface area contributed by atoms with Crippen molar-refractivity contribution in [2.75, 3.05) is 21.2 Å². The summed E-state index contributed by atoms with van der Waals surface area (Å²) in [6.07, 6.45) is 5.68. The van der Waals surface area contributed by atoms with Gasteiger partial charge in [0.1, 0.15) is 16.6 Å². The van der Waals surface area contributed by atoms with Gasteiger partial charge in [-0.15, -0.1) is 11.3 Å². The number of nitriles is 1. The van der Waals surface area contributed by atoms with Crippen LogP contribution in [0.4, 0.5) is 0 Å². The van der Waals surface area contributed by atoms with Crippen LogP contribution in [0.2, 0.25) is 0 Å². The number of rotatable bonds is 4. The van der Waals surface area contributed by atoms with Crippen molar-refractivity contribution in [1.29, 1.82) is 5.26 Å². The topological polar surface area (TPSA) is 75.3 Å². The Morgan fingerprint density at radius 3 is 2.59 bits per heavy atom. The Morgan fingerprint density at radius 2 is 1.97 bits per heavy atom. The fourth-order valence-corrected chi connectivity index (χ4v) is 5.29. The van der Waals surface area contributed by atoms with Crippen LogP contribution in [0.3, 0.4) is 0 Å². The quantitative estimate of drug-likeness (QED) is 0.435. The maximum atomic E-state index is 12.6. The van der Waals surface area contributed by atoms with Crippen LogP contribution in [0.1, 0.15) is 50.6 Å². The predicted octanol–water partition coefficient (Wildman–Crippen LogP) is 3.82. The Labute approximate surface area is 175 Å². The Morgan fingerprint density at radius 1 is 1.28 bits per heavy atom. The van der Waals surface area contributed by atoms with Crippen LogP contribution in [0.5, 0.6) is 0 Å². The van der Waals surface area contributed by atoms with E-state index in [4.69, 9.17) is 4.74 Å². The molecule has 1 aliphatic rings. The molecule has 3 rings (SSSR count). The van der Waals surface area contributed by atoms with Gasteiger partial charge in [0.25, 0.3) is 5.91 Å². The minimum atomic E-state index is -0.334. The van der Waals surface area contributed by atoms with Crippen LogP contribution in [-0.4, -0.2) is 42.5 Å². The van der Waals surface area contributed by atoms with E-state index in [2.05, 4.69) is 0 Å². The molecule has 1 amide bonds. The number of esters is 1. The van der Waals surface area contributed by atoms with E-state index in [9.17, 15) is 14.9 Å². The van der Waals surface area contributed by atoms with Crippen molar-refractivity contribution < 1.29 is 14.3 Å². The Bertz CT molecular complexity index is 1050. The third kappa shape index (κ3) is 3.73. The summed E-state index contributed by atoms with van der Waals surface area (Å²) in [5.41, 5.74) is 4.44. The summed E-state index contributed by atoms with van der Waals surface area (Å²) in [6, 6.07) is 3.93. The molecule has 152 valence electrons. The number of carbonyl (C=O) groups is 2. The number of methoxy groups -OCH3 is 1. The monoisotopic (exact) mass is 411 g/mol. The van der Waals surface area contributed by atoms with E-state index in [1.54, 1.807) is 31.5 Å². The van der Waals surface area contributed by atoms with Gasteiger partial charge in [0.15, 0.2) is 0 Å². The molecule has 2 heterocycles. The first kappa shape index (κ1) is 20.9. The predicted molar refractivity (Wildman–Crippen MR) is 113 cm³/mol. The number of amides is 1. The van der Waals surface area contributed by atoms with Crippen molar-refractivity contribution in [3.63, 3.8) is 0 Å². The number of ether oxygens (including phenoxy) is 1. The molecule has 0 atom stereocenters. The molecule has 1 aliphatic carbocycles. The van der Waals surface area contributed by atoms with Gasteiger partial charge in [-0.2, -0.15) is 5.26 Å². The highest BCUT2D eigenvalue weighted by Gasteiger charge is 2.28. The Balaban J connectivity index is 2.18. The van der Waals surface area contributed by atoms with Crippen LogP contribution < -0.4 is 0 Å². The second-order valence-corrected chi connectivity index (χ2v) is 8.50. The first-order valence-corrected chi connectivity index (χ1v) is 10.4. The molecular formula is C22H25N3O3S. The minimum Gasteiger partial charge on any atom is -0.465 e. The Kier molecular flexibility index (Phi) is 5.94. The number of likely N-dealkylation sites (N-methyl/N-ethyl adjacent to an activating group) is 1. The van der Waals surface area contributed by atoms with E-state index in [0.29, 0.717) is 5.56 Å². The number of nitrogens with zero attached hydrogens (tertiary/aromatic N) is 3. The van der Waals surface area contributed by atoms with Crippen molar-refractivity contribution in [2.24, 2.45) is 0 Å². The SMILES string of the molecule is COC(=O)c1c(-n2c(C)cc(/C=C(/C#N)C(=O)N(C)C)c2C)sc2c1CCCC2. The third-order valence-corrected chi connectivity index (χ3v) is 6.55. The lowest BCUT2D eigenvalue weighted by Crippen LogP contribution is -2.22. The lowest BCUT2D eigenvalue weighted by Gasteiger charge is -2.13. The van der Waals surface area contributed by atoms with E-state index in [-0.39, 0.29) is 17.4 Å². The van der Waals surface area contributed by atoms with Gasteiger partial charge >= 0.3 is 5.97 Å². The van der Waals surface area contributed by atoms with Gasteiger partial charge in [-0.05, 0) is 62.8 Å². The van der Waals surface area contributed by atoms with Gasteiger partial charge in [-0.1, -0.05) is 0 Å². The number of hydrogen-bond donors (Lipinski definition) is 0. The van der Waals surface area contributed by atoms with Gasteiger partial charge in [0, 0.05) is 30.4 Å². The van der Waals surface area contributed by atoms with Crippen molar-refractivity contribution in [3.05, 3.63) is 44.6 Å². The lowest BCUT2D eigenvalue weighted by atomic mass is 9.95. The highest BCUT2D eigenvalue weighted by atomic mass is 32.1. The molecule has 0 unspecified atom stereocenters. The molecule has 0 bridgehead atoms. The first-order chi connectivity index (χ1) is 13.8. The normalized spacial score (nSPS) is 13.6. The summed E-state index contributed by atoms with van der Waals surface area (Å²) in [4.78, 5) is 27.5. The van der Waals surface area contributed by atoms with Crippen molar-refractivity contribution >= 4 is 29.3 Å². The van der Waals surface area contributed by atoms with Gasteiger partial charge in [-0.25, -0.2) is 4.79 Å². The molecular weight excluding hydrogens is 386 g/mol. The molecule has 6 nitrogen and oxygen atoms in total. The maximum absolute atomic E-state index is 12.6. The number of aromatic nitrogens is 1. The molecule has 7 heteroatoms. The molecule has 0 N–H and O–H groups in total. The molecule has 2 aromatic rings. The molecule has 0 spiro atoms. The number of aryl methyl sites for hydroxylation is 2. The highest BCUT2D eigenvalue weighted by molar-refractivity contribution is 7.15. The molecule has 2 aromatic heterocycles.